The molecule has 0 bridgehead atoms. The molecule has 2 N–H and O–H groups in total. The van der Waals surface area contributed by atoms with Gasteiger partial charge in [-0.05, 0) is 13.3 Å². The van der Waals surface area contributed by atoms with Crippen molar-refractivity contribution < 1.29 is 19.5 Å². The van der Waals surface area contributed by atoms with Crippen LogP contribution in [0, 0.1) is 5.92 Å². The van der Waals surface area contributed by atoms with Crippen LogP contribution in [0.2, 0.25) is 0 Å². The fourth-order valence-electron chi connectivity index (χ4n) is 1.26. The van der Waals surface area contributed by atoms with E-state index in [1.54, 1.807) is 27.9 Å². The molecule has 0 saturated carbocycles. The number of nitrogens with zero attached hydrogens (tertiary/aromatic N) is 2. The average Bonchev–Trinajstić information content (AvgIpc) is 2.34. The van der Waals surface area contributed by atoms with Crippen molar-refractivity contribution in [1.82, 2.24) is 15.1 Å². The van der Waals surface area contributed by atoms with E-state index in [-0.39, 0.29) is 25.0 Å². The lowest BCUT2D eigenvalue weighted by Gasteiger charge is -2.22. The number of urea groups is 1. The SMILES string of the molecule is CCN(CC(=O)N(C)C)C(=O)NCCC(C)C(=O)O. The number of carboxylic acid groups (broad SMARTS) is 1. The zero-order valence-corrected chi connectivity index (χ0v) is 12.0. The van der Waals surface area contributed by atoms with E-state index in [1.807, 2.05) is 0 Å². The number of carbonyl (C=O) groups excluding carboxylic acids is 2. The first-order valence-corrected chi connectivity index (χ1v) is 6.25. The fraction of sp³-hybridized carbons (Fsp3) is 0.750. The van der Waals surface area contributed by atoms with Crippen molar-refractivity contribution in [3.63, 3.8) is 0 Å². The van der Waals surface area contributed by atoms with Gasteiger partial charge in [-0.25, -0.2) is 4.79 Å². The topological polar surface area (TPSA) is 90.0 Å². The molecule has 1 atom stereocenters. The first kappa shape index (κ1) is 17.2. The van der Waals surface area contributed by atoms with Crippen LogP contribution in [0.15, 0.2) is 0 Å². The number of amides is 3. The second kappa shape index (κ2) is 8.34. The summed E-state index contributed by atoms with van der Waals surface area (Å²) in [6.07, 6.45) is 0.361. The molecule has 110 valence electrons. The van der Waals surface area contributed by atoms with Crippen LogP contribution >= 0.6 is 0 Å². The van der Waals surface area contributed by atoms with Gasteiger partial charge in [0.1, 0.15) is 6.54 Å². The van der Waals surface area contributed by atoms with Gasteiger partial charge < -0.3 is 20.2 Å². The maximum atomic E-state index is 11.8. The second-order valence-electron chi connectivity index (χ2n) is 4.56. The Morgan fingerprint density at radius 1 is 1.26 bits per heavy atom. The van der Waals surface area contributed by atoms with Crippen molar-refractivity contribution in [2.24, 2.45) is 5.92 Å². The molecule has 0 saturated heterocycles. The van der Waals surface area contributed by atoms with Crippen LogP contribution in [0.1, 0.15) is 20.3 Å². The molecule has 0 aromatic heterocycles. The van der Waals surface area contributed by atoms with Crippen molar-refractivity contribution in [1.29, 1.82) is 0 Å². The standard InChI is InChI=1S/C12H23N3O4/c1-5-15(8-10(16)14(3)4)12(19)13-7-6-9(2)11(17)18/h9H,5-8H2,1-4H3,(H,13,19)(H,17,18). The molecule has 0 fully saturated rings. The lowest BCUT2D eigenvalue weighted by Crippen LogP contribution is -2.45. The molecule has 7 nitrogen and oxygen atoms in total. The summed E-state index contributed by atoms with van der Waals surface area (Å²) in [7, 11) is 3.26. The first-order chi connectivity index (χ1) is 8.79. The summed E-state index contributed by atoms with van der Waals surface area (Å²) in [6, 6.07) is -0.352. The minimum Gasteiger partial charge on any atom is -0.481 e. The van der Waals surface area contributed by atoms with Crippen molar-refractivity contribution in [3.05, 3.63) is 0 Å². The number of carbonyl (C=O) groups is 3. The van der Waals surface area contributed by atoms with Crippen LogP contribution in [-0.2, 0) is 9.59 Å². The lowest BCUT2D eigenvalue weighted by molar-refractivity contribution is -0.141. The smallest absolute Gasteiger partial charge is 0.317 e. The van der Waals surface area contributed by atoms with Crippen molar-refractivity contribution in [3.8, 4) is 0 Å². The number of hydrogen-bond donors (Lipinski definition) is 2. The van der Waals surface area contributed by atoms with Gasteiger partial charge in [0.25, 0.3) is 0 Å². The van der Waals surface area contributed by atoms with Gasteiger partial charge in [0.2, 0.25) is 5.91 Å². The number of hydrogen-bond acceptors (Lipinski definition) is 3. The average molecular weight is 273 g/mol. The first-order valence-electron chi connectivity index (χ1n) is 6.25. The molecule has 1 unspecified atom stereocenters. The third kappa shape index (κ3) is 6.64. The van der Waals surface area contributed by atoms with E-state index in [9.17, 15) is 14.4 Å². The molecule has 0 heterocycles. The highest BCUT2D eigenvalue weighted by Gasteiger charge is 2.17. The van der Waals surface area contributed by atoms with Gasteiger partial charge in [-0.3, -0.25) is 9.59 Å². The quantitative estimate of drug-likeness (QED) is 0.694. The Morgan fingerprint density at radius 2 is 1.84 bits per heavy atom. The molecule has 0 aromatic rings. The van der Waals surface area contributed by atoms with Gasteiger partial charge in [-0.15, -0.1) is 0 Å². The Hall–Kier alpha value is -1.79. The summed E-state index contributed by atoms with van der Waals surface area (Å²) in [6.45, 7) is 4.08. The largest absolute Gasteiger partial charge is 0.481 e. The third-order valence-corrected chi connectivity index (χ3v) is 2.77. The van der Waals surface area contributed by atoms with Crippen LogP contribution in [0.25, 0.3) is 0 Å². The van der Waals surface area contributed by atoms with Gasteiger partial charge in [0.05, 0.1) is 5.92 Å². The summed E-state index contributed by atoms with van der Waals surface area (Å²) < 4.78 is 0. The van der Waals surface area contributed by atoms with Crippen LogP contribution in [0.4, 0.5) is 4.79 Å². The maximum Gasteiger partial charge on any atom is 0.317 e. The summed E-state index contributed by atoms with van der Waals surface area (Å²) in [5, 5.41) is 11.3. The second-order valence-corrected chi connectivity index (χ2v) is 4.56. The number of likely N-dealkylation sites (N-methyl/N-ethyl adjacent to an activating group) is 2. The van der Waals surface area contributed by atoms with Crippen LogP contribution < -0.4 is 5.32 Å². The minimum absolute atomic E-state index is 0.0177. The molecule has 0 aromatic carbocycles. The Bertz CT molecular complexity index is 331. The van der Waals surface area contributed by atoms with Gasteiger partial charge >= 0.3 is 12.0 Å². The molecular weight excluding hydrogens is 250 g/mol. The number of aliphatic carboxylic acids is 1. The molecule has 19 heavy (non-hydrogen) atoms. The number of carboxylic acids is 1. The predicted molar refractivity (Wildman–Crippen MR) is 70.8 cm³/mol. The molecule has 3 amide bonds. The van der Waals surface area contributed by atoms with Crippen LogP contribution in [0.3, 0.4) is 0 Å². The summed E-state index contributed by atoms with van der Waals surface area (Å²) in [5.74, 6) is -1.54. The van der Waals surface area contributed by atoms with Crippen molar-refractivity contribution in [2.75, 3.05) is 33.7 Å². The Balaban J connectivity index is 4.15. The molecule has 0 aliphatic rings. The van der Waals surface area contributed by atoms with E-state index in [0.29, 0.717) is 13.0 Å². The van der Waals surface area contributed by atoms with E-state index in [2.05, 4.69) is 5.32 Å². The zero-order valence-electron chi connectivity index (χ0n) is 12.0. The van der Waals surface area contributed by atoms with Crippen molar-refractivity contribution >= 4 is 17.9 Å². The predicted octanol–water partition coefficient (Wildman–Crippen LogP) is 0.217. The van der Waals surface area contributed by atoms with E-state index >= 15 is 0 Å². The van der Waals surface area contributed by atoms with E-state index < -0.39 is 11.9 Å². The Kier molecular flexibility index (Phi) is 7.55. The Labute approximate surface area is 113 Å². The van der Waals surface area contributed by atoms with Crippen LogP contribution in [-0.4, -0.2) is 66.5 Å². The number of rotatable bonds is 7. The monoisotopic (exact) mass is 273 g/mol. The third-order valence-electron chi connectivity index (χ3n) is 2.77. The molecule has 0 radical (unpaired) electrons. The van der Waals surface area contributed by atoms with Gasteiger partial charge in [0.15, 0.2) is 0 Å². The lowest BCUT2D eigenvalue weighted by atomic mass is 10.1. The summed E-state index contributed by atoms with van der Waals surface area (Å²) in [5.41, 5.74) is 0. The van der Waals surface area contributed by atoms with E-state index in [0.717, 1.165) is 0 Å². The van der Waals surface area contributed by atoms with E-state index in [4.69, 9.17) is 5.11 Å². The highest BCUT2D eigenvalue weighted by molar-refractivity contribution is 5.83. The highest BCUT2D eigenvalue weighted by atomic mass is 16.4. The van der Waals surface area contributed by atoms with Gasteiger partial charge in [0, 0.05) is 27.2 Å². The summed E-state index contributed by atoms with van der Waals surface area (Å²) in [4.78, 5) is 36.7. The molecule has 0 spiro atoms. The van der Waals surface area contributed by atoms with Gasteiger partial charge in [-0.2, -0.15) is 0 Å². The zero-order chi connectivity index (χ0) is 15.0. The Morgan fingerprint density at radius 3 is 2.26 bits per heavy atom. The molecular formula is C12H23N3O4. The molecule has 0 aliphatic carbocycles. The molecule has 0 rings (SSSR count). The molecule has 0 aliphatic heterocycles. The molecule has 7 heteroatoms. The van der Waals surface area contributed by atoms with Crippen molar-refractivity contribution in [2.45, 2.75) is 20.3 Å². The number of nitrogens with one attached hydrogen (secondary N) is 1. The van der Waals surface area contributed by atoms with E-state index in [1.165, 1.54) is 9.80 Å². The highest BCUT2D eigenvalue weighted by Crippen LogP contribution is 2.00. The fourth-order valence-corrected chi connectivity index (χ4v) is 1.26. The summed E-state index contributed by atoms with van der Waals surface area (Å²) >= 11 is 0. The maximum absolute atomic E-state index is 11.8. The normalized spacial score (nSPS) is 11.6. The minimum atomic E-state index is -0.885. The van der Waals surface area contributed by atoms with Crippen LogP contribution in [0.5, 0.6) is 0 Å². The van der Waals surface area contributed by atoms with Gasteiger partial charge in [-0.1, -0.05) is 6.92 Å².